The minimum atomic E-state index is -3.04. The van der Waals surface area contributed by atoms with Gasteiger partial charge in [0.05, 0.1) is 22.9 Å². The molecular formula is C10H17N3O2S. The molecule has 1 aliphatic carbocycles. The van der Waals surface area contributed by atoms with Gasteiger partial charge in [-0.2, -0.15) is 15.0 Å². The topological polar surface area (TPSA) is 64.8 Å². The Hall–Kier alpha value is -0.910. The van der Waals surface area contributed by atoms with Crippen molar-refractivity contribution >= 4 is 9.84 Å². The van der Waals surface area contributed by atoms with Crippen molar-refractivity contribution in [2.45, 2.75) is 43.1 Å². The predicted molar refractivity (Wildman–Crippen MR) is 60.5 cm³/mol. The van der Waals surface area contributed by atoms with Crippen LogP contribution >= 0.6 is 0 Å². The Labute approximate surface area is 95.8 Å². The maximum atomic E-state index is 12.1. The first-order valence-corrected chi connectivity index (χ1v) is 7.36. The Balaban J connectivity index is 2.07. The summed E-state index contributed by atoms with van der Waals surface area (Å²) in [6.45, 7) is 0. The van der Waals surface area contributed by atoms with Gasteiger partial charge >= 0.3 is 0 Å². The zero-order valence-corrected chi connectivity index (χ0v) is 10.3. The third-order valence-electron chi connectivity index (χ3n) is 3.06. The van der Waals surface area contributed by atoms with Gasteiger partial charge in [-0.15, -0.1) is 0 Å². The van der Waals surface area contributed by atoms with Crippen LogP contribution in [0.1, 0.15) is 37.8 Å². The molecule has 2 rings (SSSR count). The van der Waals surface area contributed by atoms with Crippen LogP contribution in [0, 0.1) is 0 Å². The first-order valence-electron chi connectivity index (χ1n) is 5.65. The highest BCUT2D eigenvalue weighted by molar-refractivity contribution is 7.91. The summed E-state index contributed by atoms with van der Waals surface area (Å²) in [5.74, 6) is 0.0332. The van der Waals surface area contributed by atoms with E-state index in [1.165, 1.54) is 11.0 Å². The minimum absolute atomic E-state index is 0.0332. The molecule has 1 aromatic heterocycles. The lowest BCUT2D eigenvalue weighted by molar-refractivity contribution is 0.483. The fourth-order valence-corrected chi connectivity index (χ4v) is 4.03. The van der Waals surface area contributed by atoms with Crippen LogP contribution in [0.5, 0.6) is 0 Å². The second-order valence-electron chi connectivity index (χ2n) is 4.39. The van der Waals surface area contributed by atoms with Crippen molar-refractivity contribution in [3.8, 4) is 0 Å². The summed E-state index contributed by atoms with van der Waals surface area (Å²) in [6.07, 6.45) is 6.37. The number of sulfone groups is 1. The molecule has 0 saturated heterocycles. The van der Waals surface area contributed by atoms with Crippen molar-refractivity contribution < 1.29 is 8.42 Å². The van der Waals surface area contributed by atoms with E-state index in [2.05, 4.69) is 10.2 Å². The molecule has 0 aromatic carbocycles. The molecule has 1 aliphatic rings. The quantitative estimate of drug-likeness (QED) is 0.796. The lowest BCUT2D eigenvalue weighted by atomic mass is 10.0. The number of aromatic nitrogens is 3. The van der Waals surface area contributed by atoms with Crippen molar-refractivity contribution in [3.05, 3.63) is 11.9 Å². The highest BCUT2D eigenvalue weighted by atomic mass is 32.2. The van der Waals surface area contributed by atoms with Gasteiger partial charge in [0, 0.05) is 7.05 Å². The van der Waals surface area contributed by atoms with Crippen LogP contribution in [0.2, 0.25) is 0 Å². The fourth-order valence-electron chi connectivity index (χ4n) is 2.20. The normalized spacial score (nSPS) is 18.8. The van der Waals surface area contributed by atoms with Crippen LogP contribution < -0.4 is 0 Å². The molecule has 0 amide bonds. The third-order valence-corrected chi connectivity index (χ3v) is 5.24. The Morgan fingerprint density at radius 3 is 2.62 bits per heavy atom. The molecule has 16 heavy (non-hydrogen) atoms. The molecule has 0 bridgehead atoms. The van der Waals surface area contributed by atoms with E-state index in [0.717, 1.165) is 32.1 Å². The van der Waals surface area contributed by atoms with Crippen molar-refractivity contribution in [3.63, 3.8) is 0 Å². The van der Waals surface area contributed by atoms with E-state index < -0.39 is 9.84 Å². The Bertz CT molecular complexity index is 446. The average Bonchev–Trinajstić information content (AvgIpc) is 2.64. The lowest BCUT2D eigenvalue weighted by Crippen LogP contribution is -2.25. The van der Waals surface area contributed by atoms with Gasteiger partial charge in [0.25, 0.3) is 0 Å². The number of hydrogen-bond donors (Lipinski definition) is 0. The lowest BCUT2D eigenvalue weighted by Gasteiger charge is -2.21. The van der Waals surface area contributed by atoms with E-state index in [4.69, 9.17) is 0 Å². The first-order chi connectivity index (χ1) is 7.58. The van der Waals surface area contributed by atoms with Gasteiger partial charge in [0.15, 0.2) is 9.84 Å². The molecule has 0 spiro atoms. The van der Waals surface area contributed by atoms with E-state index >= 15 is 0 Å². The van der Waals surface area contributed by atoms with Gasteiger partial charge < -0.3 is 0 Å². The summed E-state index contributed by atoms with van der Waals surface area (Å²) in [5, 5.41) is 7.74. The summed E-state index contributed by atoms with van der Waals surface area (Å²) in [5.41, 5.74) is 0.549. The molecule has 0 N–H and O–H groups in total. The summed E-state index contributed by atoms with van der Waals surface area (Å²) in [7, 11) is -1.35. The van der Waals surface area contributed by atoms with Crippen LogP contribution in [0.4, 0.5) is 0 Å². The molecule has 1 fully saturated rings. The van der Waals surface area contributed by atoms with Gasteiger partial charge in [-0.05, 0) is 12.8 Å². The molecule has 1 saturated carbocycles. The van der Waals surface area contributed by atoms with Crippen molar-refractivity contribution in [1.82, 2.24) is 15.0 Å². The molecule has 0 atom stereocenters. The molecule has 5 nitrogen and oxygen atoms in total. The summed E-state index contributed by atoms with van der Waals surface area (Å²) >= 11 is 0. The van der Waals surface area contributed by atoms with Crippen molar-refractivity contribution in [1.29, 1.82) is 0 Å². The van der Waals surface area contributed by atoms with Crippen molar-refractivity contribution in [2.24, 2.45) is 7.05 Å². The van der Waals surface area contributed by atoms with Gasteiger partial charge in [0.2, 0.25) is 0 Å². The standard InChI is InChI=1S/C10H17N3O2S/c1-13-11-7-9(12-13)8-16(14,15)10-5-3-2-4-6-10/h7,10H,2-6,8H2,1H3. The van der Waals surface area contributed by atoms with Crippen LogP contribution in [0.3, 0.4) is 0 Å². The van der Waals surface area contributed by atoms with Gasteiger partial charge in [-0.3, -0.25) is 0 Å². The number of aryl methyl sites for hydroxylation is 1. The smallest absolute Gasteiger partial charge is 0.158 e. The minimum Gasteiger partial charge on any atom is -0.228 e. The molecule has 0 radical (unpaired) electrons. The van der Waals surface area contributed by atoms with E-state index in [-0.39, 0.29) is 11.0 Å². The van der Waals surface area contributed by atoms with Crippen LogP contribution in [0.15, 0.2) is 6.20 Å². The zero-order valence-electron chi connectivity index (χ0n) is 9.46. The molecule has 0 aliphatic heterocycles. The summed E-state index contributed by atoms with van der Waals surface area (Å²) in [6, 6.07) is 0. The number of hydrogen-bond acceptors (Lipinski definition) is 4. The fraction of sp³-hybridized carbons (Fsp3) is 0.800. The number of nitrogens with zero attached hydrogens (tertiary/aromatic N) is 3. The largest absolute Gasteiger partial charge is 0.228 e. The van der Waals surface area contributed by atoms with E-state index in [1.807, 2.05) is 0 Å². The third kappa shape index (κ3) is 2.61. The van der Waals surface area contributed by atoms with Crippen LogP contribution in [-0.2, 0) is 22.6 Å². The van der Waals surface area contributed by atoms with Gasteiger partial charge in [-0.25, -0.2) is 8.42 Å². The van der Waals surface area contributed by atoms with Gasteiger partial charge in [0.1, 0.15) is 0 Å². The molecule has 1 aromatic rings. The van der Waals surface area contributed by atoms with Crippen LogP contribution in [0.25, 0.3) is 0 Å². The molecular weight excluding hydrogens is 226 g/mol. The maximum absolute atomic E-state index is 12.1. The summed E-state index contributed by atoms with van der Waals surface area (Å²) < 4.78 is 24.2. The van der Waals surface area contributed by atoms with E-state index in [9.17, 15) is 8.42 Å². The molecule has 6 heteroatoms. The van der Waals surface area contributed by atoms with Crippen LogP contribution in [-0.4, -0.2) is 28.7 Å². The number of rotatable bonds is 3. The second-order valence-corrected chi connectivity index (χ2v) is 6.67. The summed E-state index contributed by atoms with van der Waals surface area (Å²) in [4.78, 5) is 1.39. The molecule has 90 valence electrons. The molecule has 1 heterocycles. The molecule has 0 unspecified atom stereocenters. The van der Waals surface area contributed by atoms with Crippen molar-refractivity contribution in [2.75, 3.05) is 0 Å². The predicted octanol–water partition coefficient (Wildman–Crippen LogP) is 1.06. The Morgan fingerprint density at radius 1 is 1.38 bits per heavy atom. The van der Waals surface area contributed by atoms with Gasteiger partial charge in [-0.1, -0.05) is 19.3 Å². The zero-order chi connectivity index (χ0) is 11.6. The Kier molecular flexibility index (Phi) is 3.28. The first kappa shape index (κ1) is 11.6. The maximum Gasteiger partial charge on any atom is 0.158 e. The highest BCUT2D eigenvalue weighted by Crippen LogP contribution is 2.25. The Morgan fingerprint density at radius 2 is 2.06 bits per heavy atom. The second kappa shape index (κ2) is 4.53. The monoisotopic (exact) mass is 243 g/mol. The van der Waals surface area contributed by atoms with E-state index in [0.29, 0.717) is 5.69 Å². The van der Waals surface area contributed by atoms with E-state index in [1.54, 1.807) is 7.05 Å². The highest BCUT2D eigenvalue weighted by Gasteiger charge is 2.28. The average molecular weight is 243 g/mol. The SMILES string of the molecule is Cn1ncc(CS(=O)(=O)C2CCCCC2)n1.